The molecule has 0 radical (unpaired) electrons. The first kappa shape index (κ1) is 18.5. The van der Waals surface area contributed by atoms with Crippen molar-refractivity contribution in [2.45, 2.75) is 13.0 Å². The zero-order valence-electron chi connectivity index (χ0n) is 15.7. The summed E-state index contributed by atoms with van der Waals surface area (Å²) in [5.41, 5.74) is 2.33. The number of aromatic nitrogens is 1. The molecular weight excluding hydrogens is 370 g/mol. The highest BCUT2D eigenvalue weighted by Crippen LogP contribution is 2.34. The van der Waals surface area contributed by atoms with E-state index in [1.54, 1.807) is 42.6 Å². The minimum absolute atomic E-state index is 0.205. The van der Waals surface area contributed by atoms with Gasteiger partial charge in [0.2, 0.25) is 6.79 Å². The number of ether oxygens (including phenoxy) is 2. The van der Waals surface area contributed by atoms with Crippen LogP contribution in [-0.4, -0.2) is 23.6 Å². The third kappa shape index (κ3) is 4.19. The minimum Gasteiger partial charge on any atom is -0.454 e. The van der Waals surface area contributed by atoms with Crippen molar-refractivity contribution in [1.29, 1.82) is 0 Å². The van der Waals surface area contributed by atoms with E-state index in [2.05, 4.69) is 15.6 Å². The Hall–Kier alpha value is -3.87. The Bertz CT molecular complexity index is 1050. The third-order valence-corrected chi connectivity index (χ3v) is 4.55. The van der Waals surface area contributed by atoms with Gasteiger partial charge in [-0.1, -0.05) is 12.1 Å². The van der Waals surface area contributed by atoms with E-state index in [4.69, 9.17) is 9.47 Å². The maximum Gasteiger partial charge on any atom is 0.257 e. The van der Waals surface area contributed by atoms with Crippen molar-refractivity contribution in [3.8, 4) is 11.5 Å². The molecule has 29 heavy (non-hydrogen) atoms. The highest BCUT2D eigenvalue weighted by atomic mass is 16.7. The van der Waals surface area contributed by atoms with Crippen LogP contribution < -0.4 is 20.1 Å². The standard InChI is InChI=1S/C22H19N3O4/c1-14(15-7-8-19-20(11-15)29-13-28-19)24-21(26)16-4-2-6-18(10-16)25-22(27)17-5-3-9-23-12-17/h2-12,14H,13H2,1H3,(H,24,26)(H,25,27). The Balaban J connectivity index is 1.43. The number of nitrogens with zero attached hydrogens (tertiary/aromatic N) is 1. The van der Waals surface area contributed by atoms with Gasteiger partial charge < -0.3 is 20.1 Å². The summed E-state index contributed by atoms with van der Waals surface area (Å²) in [6, 6.07) is 15.5. The maximum absolute atomic E-state index is 12.7. The van der Waals surface area contributed by atoms with E-state index < -0.39 is 0 Å². The fraction of sp³-hybridized carbons (Fsp3) is 0.136. The molecule has 146 valence electrons. The first-order valence-electron chi connectivity index (χ1n) is 9.12. The lowest BCUT2D eigenvalue weighted by Gasteiger charge is -2.15. The molecule has 2 amide bonds. The van der Waals surface area contributed by atoms with Gasteiger partial charge in [-0.25, -0.2) is 0 Å². The van der Waals surface area contributed by atoms with Gasteiger partial charge in [-0.3, -0.25) is 14.6 Å². The molecule has 2 heterocycles. The number of hydrogen-bond donors (Lipinski definition) is 2. The molecule has 1 aromatic heterocycles. The average Bonchev–Trinajstić information content (AvgIpc) is 3.22. The van der Waals surface area contributed by atoms with E-state index in [0.29, 0.717) is 28.3 Å². The molecule has 2 aromatic carbocycles. The summed E-state index contributed by atoms with van der Waals surface area (Å²) in [5, 5.41) is 5.74. The van der Waals surface area contributed by atoms with E-state index in [1.165, 1.54) is 6.20 Å². The number of benzene rings is 2. The fourth-order valence-electron chi connectivity index (χ4n) is 2.98. The normalized spacial score (nSPS) is 12.9. The lowest BCUT2D eigenvalue weighted by Crippen LogP contribution is -2.26. The molecule has 0 bridgehead atoms. The van der Waals surface area contributed by atoms with Crippen LogP contribution >= 0.6 is 0 Å². The lowest BCUT2D eigenvalue weighted by atomic mass is 10.1. The van der Waals surface area contributed by atoms with Crippen molar-refractivity contribution in [1.82, 2.24) is 10.3 Å². The van der Waals surface area contributed by atoms with Crippen LogP contribution in [-0.2, 0) is 0 Å². The molecule has 0 fully saturated rings. The Morgan fingerprint density at radius 2 is 1.79 bits per heavy atom. The van der Waals surface area contributed by atoms with E-state index >= 15 is 0 Å². The maximum atomic E-state index is 12.7. The number of amides is 2. The highest BCUT2D eigenvalue weighted by molar-refractivity contribution is 6.05. The van der Waals surface area contributed by atoms with Crippen molar-refractivity contribution in [3.63, 3.8) is 0 Å². The van der Waals surface area contributed by atoms with Gasteiger partial charge >= 0.3 is 0 Å². The van der Waals surface area contributed by atoms with Gasteiger partial charge in [-0.2, -0.15) is 0 Å². The number of anilines is 1. The average molecular weight is 389 g/mol. The number of hydrogen-bond acceptors (Lipinski definition) is 5. The number of nitrogens with one attached hydrogen (secondary N) is 2. The van der Waals surface area contributed by atoms with Crippen LogP contribution in [0.4, 0.5) is 5.69 Å². The van der Waals surface area contributed by atoms with E-state index in [9.17, 15) is 9.59 Å². The number of rotatable bonds is 5. The second-order valence-electron chi connectivity index (χ2n) is 6.58. The first-order valence-corrected chi connectivity index (χ1v) is 9.12. The zero-order chi connectivity index (χ0) is 20.2. The molecule has 3 aromatic rings. The number of carbonyl (C=O) groups is 2. The van der Waals surface area contributed by atoms with Crippen LogP contribution in [0.1, 0.15) is 39.2 Å². The first-order chi connectivity index (χ1) is 14.1. The third-order valence-electron chi connectivity index (χ3n) is 4.55. The van der Waals surface area contributed by atoms with Gasteiger partial charge in [0.1, 0.15) is 0 Å². The molecule has 1 aliphatic heterocycles. The molecule has 0 saturated carbocycles. The molecular formula is C22H19N3O4. The molecule has 4 rings (SSSR count). The van der Waals surface area contributed by atoms with Gasteiger partial charge in [0.05, 0.1) is 11.6 Å². The summed E-state index contributed by atoms with van der Waals surface area (Å²) in [5.74, 6) is 0.838. The summed E-state index contributed by atoms with van der Waals surface area (Å²) >= 11 is 0. The van der Waals surface area contributed by atoms with Crippen LogP contribution in [0.3, 0.4) is 0 Å². The molecule has 1 unspecified atom stereocenters. The van der Waals surface area contributed by atoms with Crippen molar-refractivity contribution in [2.75, 3.05) is 12.1 Å². The quantitative estimate of drug-likeness (QED) is 0.697. The van der Waals surface area contributed by atoms with Gasteiger partial charge in [-0.05, 0) is 55.0 Å². The van der Waals surface area contributed by atoms with Gasteiger partial charge in [0.15, 0.2) is 11.5 Å². The smallest absolute Gasteiger partial charge is 0.257 e. The lowest BCUT2D eigenvalue weighted by molar-refractivity contribution is 0.0938. The largest absolute Gasteiger partial charge is 0.454 e. The second-order valence-corrected chi connectivity index (χ2v) is 6.58. The van der Waals surface area contributed by atoms with E-state index in [0.717, 1.165) is 5.56 Å². The molecule has 7 nitrogen and oxygen atoms in total. The van der Waals surface area contributed by atoms with Gasteiger partial charge in [0.25, 0.3) is 11.8 Å². The molecule has 1 atom stereocenters. The van der Waals surface area contributed by atoms with Crippen LogP contribution in [0.5, 0.6) is 11.5 Å². The van der Waals surface area contributed by atoms with Crippen molar-refractivity contribution in [3.05, 3.63) is 83.7 Å². The summed E-state index contributed by atoms with van der Waals surface area (Å²) in [4.78, 5) is 28.9. The van der Waals surface area contributed by atoms with Crippen LogP contribution in [0, 0.1) is 0 Å². The van der Waals surface area contributed by atoms with Gasteiger partial charge in [0, 0.05) is 23.6 Å². The molecule has 0 saturated heterocycles. The second kappa shape index (κ2) is 8.02. The van der Waals surface area contributed by atoms with Crippen molar-refractivity contribution >= 4 is 17.5 Å². The molecule has 0 aliphatic carbocycles. The van der Waals surface area contributed by atoms with Crippen LogP contribution in [0.15, 0.2) is 67.0 Å². The minimum atomic E-state index is -0.288. The monoisotopic (exact) mass is 389 g/mol. The molecule has 1 aliphatic rings. The molecule has 2 N–H and O–H groups in total. The zero-order valence-corrected chi connectivity index (χ0v) is 15.7. The SMILES string of the molecule is CC(NC(=O)c1cccc(NC(=O)c2cccnc2)c1)c1ccc2c(c1)OCO2. The topological polar surface area (TPSA) is 89.6 Å². The van der Waals surface area contributed by atoms with E-state index in [-0.39, 0.29) is 24.6 Å². The van der Waals surface area contributed by atoms with Gasteiger partial charge in [-0.15, -0.1) is 0 Å². The number of pyridine rings is 1. The Morgan fingerprint density at radius 1 is 0.966 bits per heavy atom. The number of fused-ring (bicyclic) bond motifs is 1. The Labute approximate surface area is 167 Å². The van der Waals surface area contributed by atoms with E-state index in [1.807, 2.05) is 25.1 Å². The summed E-state index contributed by atoms with van der Waals surface area (Å²) in [6.45, 7) is 2.10. The molecule has 7 heteroatoms. The Morgan fingerprint density at radius 3 is 2.62 bits per heavy atom. The highest BCUT2D eigenvalue weighted by Gasteiger charge is 2.17. The van der Waals surface area contributed by atoms with Crippen LogP contribution in [0.2, 0.25) is 0 Å². The molecule has 0 spiro atoms. The predicted octanol–water partition coefficient (Wildman–Crippen LogP) is 3.55. The summed E-state index contributed by atoms with van der Waals surface area (Å²) < 4.78 is 10.7. The summed E-state index contributed by atoms with van der Waals surface area (Å²) in [6.07, 6.45) is 3.09. The predicted molar refractivity (Wildman–Crippen MR) is 107 cm³/mol. The number of carbonyl (C=O) groups excluding carboxylic acids is 2. The van der Waals surface area contributed by atoms with Crippen molar-refractivity contribution < 1.29 is 19.1 Å². The van der Waals surface area contributed by atoms with Crippen molar-refractivity contribution in [2.24, 2.45) is 0 Å². The van der Waals surface area contributed by atoms with Crippen LogP contribution in [0.25, 0.3) is 0 Å². The summed E-state index contributed by atoms with van der Waals surface area (Å²) in [7, 11) is 0. The fourth-order valence-corrected chi connectivity index (χ4v) is 2.98. The Kier molecular flexibility index (Phi) is 5.11.